The molecule has 0 radical (unpaired) electrons. The zero-order valence-corrected chi connectivity index (χ0v) is 18.4. The number of nitrogens with one attached hydrogen (secondary N) is 1. The van der Waals surface area contributed by atoms with Crippen molar-refractivity contribution in [3.63, 3.8) is 0 Å². The Morgan fingerprint density at radius 2 is 1.53 bits per heavy atom. The number of ketones is 1. The number of hydrogen-bond acceptors (Lipinski definition) is 6. The predicted molar refractivity (Wildman–Crippen MR) is 124 cm³/mol. The number of benzene rings is 3. The van der Waals surface area contributed by atoms with Crippen LogP contribution in [0.25, 0.3) is 10.8 Å². The first-order chi connectivity index (χ1) is 16.4. The number of esters is 1. The summed E-state index contributed by atoms with van der Waals surface area (Å²) in [6.45, 7) is -0.683. The smallest absolute Gasteiger partial charge is 0.408 e. The fraction of sp³-hybridized carbons (Fsp3) is 0.231. The molecule has 3 aromatic carbocycles. The maximum Gasteiger partial charge on any atom is 0.408 e. The second-order valence-electron chi connectivity index (χ2n) is 7.67. The lowest BCUT2D eigenvalue weighted by atomic mass is 10.0. The molecule has 8 heteroatoms. The van der Waals surface area contributed by atoms with Gasteiger partial charge in [0.15, 0.2) is 12.4 Å². The van der Waals surface area contributed by atoms with E-state index in [1.54, 1.807) is 24.3 Å². The molecule has 0 saturated heterocycles. The summed E-state index contributed by atoms with van der Waals surface area (Å²) in [6, 6.07) is 21.3. The molecule has 3 aromatic rings. The molecule has 0 saturated carbocycles. The second-order valence-corrected chi connectivity index (χ2v) is 7.67. The zero-order valence-electron chi connectivity index (χ0n) is 18.4. The Hall–Kier alpha value is -4.20. The number of aryl methyl sites for hydroxylation is 1. The molecule has 8 nitrogen and oxygen atoms in total. The van der Waals surface area contributed by atoms with E-state index < -0.39 is 42.9 Å². The van der Waals surface area contributed by atoms with Gasteiger partial charge in [-0.2, -0.15) is 0 Å². The van der Waals surface area contributed by atoms with Crippen LogP contribution in [0, 0.1) is 0 Å². The Balaban J connectivity index is 1.46. The van der Waals surface area contributed by atoms with E-state index in [1.807, 2.05) is 48.5 Å². The van der Waals surface area contributed by atoms with E-state index in [4.69, 9.17) is 14.6 Å². The number of rotatable bonds is 11. The van der Waals surface area contributed by atoms with Crippen LogP contribution in [0.3, 0.4) is 0 Å². The van der Waals surface area contributed by atoms with Gasteiger partial charge in [0.05, 0.1) is 6.42 Å². The monoisotopic (exact) mass is 463 g/mol. The Morgan fingerprint density at radius 3 is 2.26 bits per heavy atom. The van der Waals surface area contributed by atoms with Crippen molar-refractivity contribution >= 4 is 34.6 Å². The van der Waals surface area contributed by atoms with Crippen LogP contribution in [0.2, 0.25) is 0 Å². The van der Waals surface area contributed by atoms with Gasteiger partial charge >= 0.3 is 18.0 Å². The number of aliphatic carboxylic acids is 1. The second kappa shape index (κ2) is 12.2. The number of alkyl carbamates (subject to hydrolysis) is 1. The van der Waals surface area contributed by atoms with E-state index in [9.17, 15) is 19.2 Å². The van der Waals surface area contributed by atoms with Crippen LogP contribution in [0.5, 0.6) is 0 Å². The molecule has 0 aliphatic rings. The van der Waals surface area contributed by atoms with Gasteiger partial charge in [-0.05, 0) is 28.3 Å². The van der Waals surface area contributed by atoms with Crippen LogP contribution >= 0.6 is 0 Å². The first-order valence-corrected chi connectivity index (χ1v) is 10.8. The van der Waals surface area contributed by atoms with Crippen molar-refractivity contribution in [3.8, 4) is 0 Å². The third kappa shape index (κ3) is 7.74. The first-order valence-electron chi connectivity index (χ1n) is 10.8. The molecule has 0 bridgehead atoms. The summed E-state index contributed by atoms with van der Waals surface area (Å²) in [5.41, 5.74) is 1.69. The highest BCUT2D eigenvalue weighted by Gasteiger charge is 2.25. The Kier molecular flexibility index (Phi) is 8.73. The molecule has 0 aliphatic heterocycles. The lowest BCUT2D eigenvalue weighted by Crippen LogP contribution is -2.44. The van der Waals surface area contributed by atoms with Crippen LogP contribution in [-0.2, 0) is 36.9 Å². The molecule has 0 heterocycles. The normalized spacial score (nSPS) is 11.4. The molecule has 0 unspecified atom stereocenters. The number of carbonyl (C=O) groups is 4. The van der Waals surface area contributed by atoms with E-state index >= 15 is 0 Å². The third-order valence-electron chi connectivity index (χ3n) is 5.08. The van der Waals surface area contributed by atoms with Crippen LogP contribution in [0.4, 0.5) is 4.79 Å². The fourth-order valence-corrected chi connectivity index (χ4v) is 3.29. The SMILES string of the molecule is O=C(O)C[C@H](NC(=O)OCc1ccccc1)C(=O)COC(=O)CCc1ccc2ccccc2c1. The summed E-state index contributed by atoms with van der Waals surface area (Å²) in [5.74, 6) is -2.62. The van der Waals surface area contributed by atoms with Gasteiger partial charge < -0.3 is 19.9 Å². The molecule has 2 N–H and O–H groups in total. The summed E-state index contributed by atoms with van der Waals surface area (Å²) in [5, 5.41) is 13.5. The minimum Gasteiger partial charge on any atom is -0.481 e. The molecular formula is C26H25NO7. The van der Waals surface area contributed by atoms with E-state index in [1.165, 1.54) is 0 Å². The average Bonchev–Trinajstić information content (AvgIpc) is 2.84. The van der Waals surface area contributed by atoms with Gasteiger partial charge in [-0.15, -0.1) is 0 Å². The Labute approximate surface area is 196 Å². The highest BCUT2D eigenvalue weighted by atomic mass is 16.5. The molecule has 1 amide bonds. The van der Waals surface area contributed by atoms with Crippen molar-refractivity contribution in [3.05, 3.63) is 83.9 Å². The van der Waals surface area contributed by atoms with Crippen molar-refractivity contribution in [1.29, 1.82) is 0 Å². The van der Waals surface area contributed by atoms with Crippen molar-refractivity contribution in [2.75, 3.05) is 6.61 Å². The summed E-state index contributed by atoms with van der Waals surface area (Å²) < 4.78 is 10.0. The molecule has 3 rings (SSSR count). The predicted octanol–water partition coefficient (Wildman–Crippen LogP) is 3.65. The maximum absolute atomic E-state index is 12.4. The summed E-state index contributed by atoms with van der Waals surface area (Å²) in [6.07, 6.45) is -1.11. The number of ether oxygens (including phenoxy) is 2. The zero-order chi connectivity index (χ0) is 24.3. The van der Waals surface area contributed by atoms with Gasteiger partial charge in [-0.3, -0.25) is 14.4 Å². The molecule has 0 fully saturated rings. The molecule has 1 atom stereocenters. The van der Waals surface area contributed by atoms with Crippen molar-refractivity contribution in [2.45, 2.75) is 31.9 Å². The summed E-state index contributed by atoms with van der Waals surface area (Å²) in [4.78, 5) is 47.6. The summed E-state index contributed by atoms with van der Waals surface area (Å²) >= 11 is 0. The van der Waals surface area contributed by atoms with Gasteiger partial charge in [0, 0.05) is 6.42 Å². The van der Waals surface area contributed by atoms with E-state index in [-0.39, 0.29) is 13.0 Å². The van der Waals surface area contributed by atoms with E-state index in [2.05, 4.69) is 5.32 Å². The van der Waals surface area contributed by atoms with Gasteiger partial charge in [-0.25, -0.2) is 4.79 Å². The molecule has 34 heavy (non-hydrogen) atoms. The Morgan fingerprint density at radius 1 is 0.824 bits per heavy atom. The molecule has 0 spiro atoms. The number of carboxylic acid groups (broad SMARTS) is 1. The van der Waals surface area contributed by atoms with Gasteiger partial charge in [-0.1, -0.05) is 72.8 Å². The molecule has 0 aliphatic carbocycles. The van der Waals surface area contributed by atoms with Crippen molar-refractivity contribution in [1.82, 2.24) is 5.32 Å². The number of fused-ring (bicyclic) bond motifs is 1. The van der Waals surface area contributed by atoms with Crippen molar-refractivity contribution < 1.29 is 33.8 Å². The van der Waals surface area contributed by atoms with Gasteiger partial charge in [0.1, 0.15) is 12.6 Å². The largest absolute Gasteiger partial charge is 0.481 e. The standard InChI is InChI=1S/C26H25NO7/c28-23(22(15-24(29)30)27-26(32)34-16-19-6-2-1-3-7-19)17-33-25(31)13-11-18-10-12-20-8-4-5-9-21(20)14-18/h1-10,12,14,22H,11,13,15-17H2,(H,27,32)(H,29,30)/t22-/m0/s1. The first kappa shape index (κ1) is 24.4. The highest BCUT2D eigenvalue weighted by molar-refractivity contribution is 5.92. The summed E-state index contributed by atoms with van der Waals surface area (Å²) in [7, 11) is 0. The fourth-order valence-electron chi connectivity index (χ4n) is 3.29. The van der Waals surface area contributed by atoms with Crippen LogP contribution in [0.15, 0.2) is 72.8 Å². The highest BCUT2D eigenvalue weighted by Crippen LogP contribution is 2.16. The van der Waals surface area contributed by atoms with Gasteiger partial charge in [0.25, 0.3) is 0 Å². The minimum atomic E-state index is -1.38. The Bertz CT molecular complexity index is 1160. The number of hydrogen-bond donors (Lipinski definition) is 2. The lowest BCUT2D eigenvalue weighted by molar-refractivity contribution is -0.149. The number of carbonyl (C=O) groups excluding carboxylic acids is 3. The van der Waals surface area contributed by atoms with Crippen LogP contribution < -0.4 is 5.32 Å². The van der Waals surface area contributed by atoms with E-state index in [0.29, 0.717) is 6.42 Å². The number of carboxylic acids is 1. The van der Waals surface area contributed by atoms with Crippen LogP contribution in [-0.4, -0.2) is 41.6 Å². The van der Waals surface area contributed by atoms with Crippen molar-refractivity contribution in [2.24, 2.45) is 0 Å². The topological polar surface area (TPSA) is 119 Å². The third-order valence-corrected chi connectivity index (χ3v) is 5.08. The van der Waals surface area contributed by atoms with E-state index in [0.717, 1.165) is 21.9 Å². The van der Waals surface area contributed by atoms with Crippen LogP contribution in [0.1, 0.15) is 24.0 Å². The minimum absolute atomic E-state index is 0.0373. The number of amides is 1. The lowest BCUT2D eigenvalue weighted by Gasteiger charge is -2.16. The molecule has 176 valence electrons. The molecular weight excluding hydrogens is 438 g/mol. The average molecular weight is 463 g/mol. The quantitative estimate of drug-likeness (QED) is 0.417. The van der Waals surface area contributed by atoms with Gasteiger partial charge in [0.2, 0.25) is 0 Å². The number of Topliss-reactive ketones (excluding diaryl/α,β-unsaturated/α-hetero) is 1. The maximum atomic E-state index is 12.4. The molecule has 0 aromatic heterocycles.